The van der Waals surface area contributed by atoms with Gasteiger partial charge in [-0.25, -0.2) is 4.68 Å². The monoisotopic (exact) mass is 208 g/mol. The molecule has 0 saturated heterocycles. The average molecular weight is 208 g/mol. The Balaban J connectivity index is 2.29. The summed E-state index contributed by atoms with van der Waals surface area (Å²) in [6.45, 7) is 2.11. The number of aliphatic hydroxyl groups is 1. The molecule has 0 amide bonds. The molecule has 0 radical (unpaired) electrons. The molecular formula is C11H16N2O2. The van der Waals surface area contributed by atoms with Gasteiger partial charge in [-0.1, -0.05) is 6.92 Å². The van der Waals surface area contributed by atoms with Crippen LogP contribution in [0.5, 0.6) is 0 Å². The van der Waals surface area contributed by atoms with Gasteiger partial charge >= 0.3 is 0 Å². The van der Waals surface area contributed by atoms with Crippen molar-refractivity contribution in [2.45, 2.75) is 38.3 Å². The second-order valence-corrected chi connectivity index (χ2v) is 4.32. The quantitative estimate of drug-likeness (QED) is 0.748. The lowest BCUT2D eigenvalue weighted by Crippen LogP contribution is -2.35. The molecule has 1 N–H and O–H groups in total. The third kappa shape index (κ3) is 2.09. The van der Waals surface area contributed by atoms with E-state index >= 15 is 0 Å². The Morgan fingerprint density at radius 2 is 2.33 bits per heavy atom. The molecule has 4 heteroatoms. The predicted octanol–water partition coefficient (Wildman–Crippen LogP) is 0.965. The lowest BCUT2D eigenvalue weighted by Gasteiger charge is -2.32. The molecule has 1 aromatic rings. The van der Waals surface area contributed by atoms with Crippen molar-refractivity contribution in [3.05, 3.63) is 28.7 Å². The lowest BCUT2D eigenvalue weighted by molar-refractivity contribution is 0.0716. The molecule has 1 aromatic heterocycles. The molecule has 15 heavy (non-hydrogen) atoms. The number of hydrogen-bond acceptors (Lipinski definition) is 3. The summed E-state index contributed by atoms with van der Waals surface area (Å²) in [4.78, 5) is 11.6. The summed E-state index contributed by atoms with van der Waals surface area (Å²) in [6.07, 6.45) is 3.75. The molecule has 0 aromatic carbocycles. The van der Waals surface area contributed by atoms with Gasteiger partial charge in [0.25, 0.3) is 5.56 Å². The fraction of sp³-hybridized carbons (Fsp3) is 0.636. The molecule has 3 atom stereocenters. The first-order chi connectivity index (χ1) is 7.18. The standard InChI is InChI=1S/C11H16N2O2/c1-8-4-5-9(14)7-10(8)13-11(15)3-2-6-12-13/h2-3,6,8-10,14H,4-5,7H2,1H3. The number of hydrogen-bond donors (Lipinski definition) is 1. The smallest absolute Gasteiger partial charge is 0.266 e. The summed E-state index contributed by atoms with van der Waals surface area (Å²) in [5.41, 5.74) is -0.0801. The van der Waals surface area contributed by atoms with Crippen molar-refractivity contribution in [2.75, 3.05) is 0 Å². The Bertz CT molecular complexity index is 388. The van der Waals surface area contributed by atoms with Crippen molar-refractivity contribution in [3.8, 4) is 0 Å². The van der Waals surface area contributed by atoms with Gasteiger partial charge in [0.05, 0.1) is 12.1 Å². The van der Waals surface area contributed by atoms with E-state index in [-0.39, 0.29) is 17.7 Å². The van der Waals surface area contributed by atoms with Crippen molar-refractivity contribution in [1.29, 1.82) is 0 Å². The van der Waals surface area contributed by atoms with E-state index in [0.717, 1.165) is 12.8 Å². The summed E-state index contributed by atoms with van der Waals surface area (Å²) in [5, 5.41) is 13.7. The summed E-state index contributed by atoms with van der Waals surface area (Å²) >= 11 is 0. The van der Waals surface area contributed by atoms with E-state index in [9.17, 15) is 9.90 Å². The van der Waals surface area contributed by atoms with Crippen molar-refractivity contribution >= 4 is 0 Å². The Hall–Kier alpha value is -1.16. The molecule has 4 nitrogen and oxygen atoms in total. The topological polar surface area (TPSA) is 55.1 Å². The molecule has 1 aliphatic carbocycles. The van der Waals surface area contributed by atoms with Crippen LogP contribution in [0.25, 0.3) is 0 Å². The van der Waals surface area contributed by atoms with Crippen LogP contribution in [-0.4, -0.2) is 21.0 Å². The average Bonchev–Trinajstić information content (AvgIpc) is 2.23. The second-order valence-electron chi connectivity index (χ2n) is 4.32. The zero-order valence-electron chi connectivity index (χ0n) is 8.84. The van der Waals surface area contributed by atoms with Crippen LogP contribution >= 0.6 is 0 Å². The van der Waals surface area contributed by atoms with E-state index in [1.807, 2.05) is 0 Å². The van der Waals surface area contributed by atoms with E-state index < -0.39 is 0 Å². The summed E-state index contributed by atoms with van der Waals surface area (Å²) < 4.78 is 1.51. The van der Waals surface area contributed by atoms with Crippen molar-refractivity contribution < 1.29 is 5.11 Å². The zero-order valence-corrected chi connectivity index (χ0v) is 8.84. The highest BCUT2D eigenvalue weighted by Gasteiger charge is 2.28. The highest BCUT2D eigenvalue weighted by Crippen LogP contribution is 2.32. The largest absolute Gasteiger partial charge is 0.393 e. The van der Waals surface area contributed by atoms with Crippen molar-refractivity contribution in [1.82, 2.24) is 9.78 Å². The fourth-order valence-corrected chi connectivity index (χ4v) is 2.24. The first kappa shape index (κ1) is 10.4. The van der Waals surface area contributed by atoms with E-state index in [4.69, 9.17) is 0 Å². The maximum Gasteiger partial charge on any atom is 0.266 e. The molecule has 0 bridgehead atoms. The van der Waals surface area contributed by atoms with Gasteiger partial charge in [-0.05, 0) is 31.2 Å². The van der Waals surface area contributed by atoms with E-state index in [1.54, 1.807) is 12.3 Å². The van der Waals surface area contributed by atoms with E-state index in [1.165, 1.54) is 10.7 Å². The molecule has 3 unspecified atom stereocenters. The van der Waals surface area contributed by atoms with Crippen LogP contribution in [0.4, 0.5) is 0 Å². The number of aromatic nitrogens is 2. The molecule has 1 aliphatic rings. The normalized spacial score (nSPS) is 31.5. The van der Waals surface area contributed by atoms with Gasteiger partial charge in [-0.3, -0.25) is 4.79 Å². The molecular weight excluding hydrogens is 192 g/mol. The Morgan fingerprint density at radius 3 is 3.07 bits per heavy atom. The zero-order chi connectivity index (χ0) is 10.8. The molecule has 0 spiro atoms. The first-order valence-corrected chi connectivity index (χ1v) is 5.40. The maximum absolute atomic E-state index is 11.6. The van der Waals surface area contributed by atoms with Crippen molar-refractivity contribution in [2.24, 2.45) is 5.92 Å². The van der Waals surface area contributed by atoms with Crippen LogP contribution in [0, 0.1) is 5.92 Å². The van der Waals surface area contributed by atoms with Gasteiger partial charge in [0.15, 0.2) is 0 Å². The van der Waals surface area contributed by atoms with Crippen LogP contribution < -0.4 is 5.56 Å². The molecule has 2 rings (SSSR count). The second kappa shape index (κ2) is 4.14. The maximum atomic E-state index is 11.6. The third-order valence-corrected chi connectivity index (χ3v) is 3.18. The van der Waals surface area contributed by atoms with Crippen LogP contribution in [0.1, 0.15) is 32.2 Å². The van der Waals surface area contributed by atoms with Crippen LogP contribution in [0.3, 0.4) is 0 Å². The lowest BCUT2D eigenvalue weighted by atomic mass is 9.84. The minimum absolute atomic E-state index is 0.0439. The minimum atomic E-state index is -0.292. The molecule has 82 valence electrons. The molecule has 1 saturated carbocycles. The minimum Gasteiger partial charge on any atom is -0.393 e. The Labute approximate surface area is 88.6 Å². The van der Waals surface area contributed by atoms with Gasteiger partial charge in [0, 0.05) is 12.3 Å². The molecule has 1 fully saturated rings. The van der Waals surface area contributed by atoms with Crippen LogP contribution in [0.2, 0.25) is 0 Å². The fourth-order valence-electron chi connectivity index (χ4n) is 2.24. The first-order valence-electron chi connectivity index (χ1n) is 5.40. The summed E-state index contributed by atoms with van der Waals surface area (Å²) in [7, 11) is 0. The predicted molar refractivity (Wildman–Crippen MR) is 56.6 cm³/mol. The van der Waals surface area contributed by atoms with Gasteiger partial charge < -0.3 is 5.11 Å². The van der Waals surface area contributed by atoms with Crippen molar-refractivity contribution in [3.63, 3.8) is 0 Å². The van der Waals surface area contributed by atoms with E-state index in [0.29, 0.717) is 12.3 Å². The van der Waals surface area contributed by atoms with Crippen LogP contribution in [-0.2, 0) is 0 Å². The molecule has 1 heterocycles. The Kier molecular flexibility index (Phi) is 2.86. The van der Waals surface area contributed by atoms with E-state index in [2.05, 4.69) is 12.0 Å². The summed E-state index contributed by atoms with van der Waals surface area (Å²) in [5.74, 6) is 0.404. The SMILES string of the molecule is CC1CCC(O)CC1n1ncccc1=O. The third-order valence-electron chi connectivity index (χ3n) is 3.18. The van der Waals surface area contributed by atoms with Gasteiger partial charge in [0.1, 0.15) is 0 Å². The van der Waals surface area contributed by atoms with Gasteiger partial charge in [-0.15, -0.1) is 0 Å². The number of aliphatic hydroxyl groups excluding tert-OH is 1. The summed E-state index contributed by atoms with van der Waals surface area (Å²) in [6, 6.07) is 3.20. The van der Waals surface area contributed by atoms with Gasteiger partial charge in [-0.2, -0.15) is 5.10 Å². The number of nitrogens with zero attached hydrogens (tertiary/aromatic N) is 2. The molecule has 0 aliphatic heterocycles. The Morgan fingerprint density at radius 1 is 1.53 bits per heavy atom. The highest BCUT2D eigenvalue weighted by molar-refractivity contribution is 4.90. The van der Waals surface area contributed by atoms with Gasteiger partial charge in [0.2, 0.25) is 0 Å². The highest BCUT2D eigenvalue weighted by atomic mass is 16.3. The van der Waals surface area contributed by atoms with Crippen LogP contribution in [0.15, 0.2) is 23.1 Å². The number of rotatable bonds is 1.